The second-order valence-corrected chi connectivity index (χ2v) is 6.78. The van der Waals surface area contributed by atoms with Crippen LogP contribution in [0.2, 0.25) is 0 Å². The summed E-state index contributed by atoms with van der Waals surface area (Å²) in [6, 6.07) is 10.6. The zero-order valence-corrected chi connectivity index (χ0v) is 14.7. The largest absolute Gasteiger partial charge is 0.507 e. The minimum Gasteiger partial charge on any atom is -0.507 e. The number of ether oxygens (including phenoxy) is 1. The number of benzene rings is 2. The van der Waals surface area contributed by atoms with Gasteiger partial charge < -0.3 is 19.2 Å². The van der Waals surface area contributed by atoms with Crippen molar-refractivity contribution in [1.82, 2.24) is 0 Å². The number of rotatable bonds is 4. The van der Waals surface area contributed by atoms with Gasteiger partial charge in [0.25, 0.3) is 0 Å². The minimum atomic E-state index is -0.0888. The summed E-state index contributed by atoms with van der Waals surface area (Å²) in [7, 11) is 1.61. The van der Waals surface area contributed by atoms with Gasteiger partial charge in [-0.05, 0) is 29.8 Å². The highest BCUT2D eigenvalue weighted by Gasteiger charge is 2.21. The molecule has 1 fully saturated rings. The van der Waals surface area contributed by atoms with Gasteiger partial charge in [-0.15, -0.1) is 0 Å². The maximum absolute atomic E-state index is 13.0. The number of fused-ring (bicyclic) bond motifs is 1. The molecule has 3 aromatic rings. The topological polar surface area (TPSA) is 64.1 Å². The number of phenolic OH excluding ortho intramolecular Hbond substituents is 1. The van der Waals surface area contributed by atoms with Gasteiger partial charge in [0.2, 0.25) is 5.43 Å². The molecule has 4 rings (SSSR count). The third kappa shape index (κ3) is 2.95. The highest BCUT2D eigenvalue weighted by atomic mass is 16.5. The van der Waals surface area contributed by atoms with Crippen LogP contribution in [-0.4, -0.2) is 25.3 Å². The smallest absolute Gasteiger partial charge is 0.200 e. The van der Waals surface area contributed by atoms with E-state index in [9.17, 15) is 9.90 Å². The van der Waals surface area contributed by atoms with Crippen molar-refractivity contribution in [2.75, 3.05) is 20.2 Å². The second kappa shape index (κ2) is 6.84. The van der Waals surface area contributed by atoms with Gasteiger partial charge in [-0.1, -0.05) is 12.1 Å². The van der Waals surface area contributed by atoms with Crippen molar-refractivity contribution in [3.63, 3.8) is 0 Å². The molecule has 0 spiro atoms. The van der Waals surface area contributed by atoms with Crippen molar-refractivity contribution < 1.29 is 19.2 Å². The SMILES string of the molecule is COc1ccc(-c2coc3c(C[NH+]4CCCC4)c(O)ccc3c2=O)cc1. The van der Waals surface area contributed by atoms with Crippen molar-refractivity contribution in [3.8, 4) is 22.6 Å². The van der Waals surface area contributed by atoms with E-state index in [4.69, 9.17) is 9.15 Å². The van der Waals surface area contributed by atoms with E-state index in [1.165, 1.54) is 24.0 Å². The summed E-state index contributed by atoms with van der Waals surface area (Å²) in [6.07, 6.45) is 3.90. The van der Waals surface area contributed by atoms with E-state index in [2.05, 4.69) is 0 Å². The van der Waals surface area contributed by atoms with Gasteiger partial charge >= 0.3 is 0 Å². The average molecular weight is 352 g/mol. The van der Waals surface area contributed by atoms with Gasteiger partial charge in [-0.3, -0.25) is 4.79 Å². The number of phenols is 1. The standard InChI is InChI=1S/C21H21NO4/c1-25-15-6-4-14(5-7-15)18-13-26-21-16(20(18)24)8-9-19(23)17(21)12-22-10-2-3-11-22/h4-9,13,23H,2-3,10-12H2,1H3/p+1. The van der Waals surface area contributed by atoms with Gasteiger partial charge in [0, 0.05) is 12.8 Å². The van der Waals surface area contributed by atoms with E-state index < -0.39 is 0 Å². The molecule has 26 heavy (non-hydrogen) atoms. The fourth-order valence-electron chi connectivity index (χ4n) is 3.69. The molecular formula is C21H22NO4+. The Morgan fingerprint density at radius 1 is 1.12 bits per heavy atom. The normalized spacial score (nSPS) is 14.8. The summed E-state index contributed by atoms with van der Waals surface area (Å²) in [5, 5.41) is 10.8. The average Bonchev–Trinajstić information content (AvgIpc) is 3.18. The Morgan fingerprint density at radius 2 is 1.85 bits per heavy atom. The molecule has 2 aromatic carbocycles. The minimum absolute atomic E-state index is 0.0888. The van der Waals surface area contributed by atoms with Gasteiger partial charge in [0.1, 0.15) is 29.9 Å². The van der Waals surface area contributed by atoms with Crippen LogP contribution < -0.4 is 15.1 Å². The van der Waals surface area contributed by atoms with E-state index in [0.29, 0.717) is 23.1 Å². The van der Waals surface area contributed by atoms with E-state index in [1.807, 2.05) is 24.3 Å². The van der Waals surface area contributed by atoms with Crippen LogP contribution in [0.4, 0.5) is 0 Å². The Bertz CT molecular complexity index is 985. The molecule has 5 heteroatoms. The van der Waals surface area contributed by atoms with Crippen molar-refractivity contribution in [2.45, 2.75) is 19.4 Å². The van der Waals surface area contributed by atoms with Crippen molar-refractivity contribution in [3.05, 3.63) is 58.4 Å². The van der Waals surface area contributed by atoms with E-state index in [-0.39, 0.29) is 11.2 Å². The predicted molar refractivity (Wildman–Crippen MR) is 99.8 cm³/mol. The summed E-state index contributed by atoms with van der Waals surface area (Å²) in [5.74, 6) is 0.928. The summed E-state index contributed by atoms with van der Waals surface area (Å²) in [5.41, 5.74) is 2.41. The molecule has 1 aliphatic rings. The van der Waals surface area contributed by atoms with Crippen LogP contribution in [0.15, 0.2) is 51.9 Å². The Balaban J connectivity index is 1.80. The van der Waals surface area contributed by atoms with Crippen LogP contribution in [0.1, 0.15) is 18.4 Å². The maximum atomic E-state index is 13.0. The number of methoxy groups -OCH3 is 1. The fourth-order valence-corrected chi connectivity index (χ4v) is 3.69. The molecule has 1 aliphatic heterocycles. The molecule has 0 aliphatic carbocycles. The monoisotopic (exact) mass is 352 g/mol. The Hall–Kier alpha value is -2.79. The Kier molecular flexibility index (Phi) is 4.39. The number of hydrogen-bond donors (Lipinski definition) is 2. The molecule has 0 unspecified atom stereocenters. The van der Waals surface area contributed by atoms with Crippen LogP contribution in [-0.2, 0) is 6.54 Å². The van der Waals surface area contributed by atoms with Gasteiger partial charge in [0.05, 0.1) is 36.7 Å². The third-order valence-electron chi connectivity index (χ3n) is 5.16. The van der Waals surface area contributed by atoms with Crippen LogP contribution >= 0.6 is 0 Å². The van der Waals surface area contributed by atoms with Gasteiger partial charge in [0.15, 0.2) is 0 Å². The molecule has 1 aromatic heterocycles. The first kappa shape index (κ1) is 16.7. The number of quaternary nitrogens is 1. The lowest BCUT2D eigenvalue weighted by atomic mass is 10.0. The van der Waals surface area contributed by atoms with Crippen LogP contribution in [0.25, 0.3) is 22.1 Å². The Labute approximate surface area is 151 Å². The molecule has 2 heterocycles. The number of hydrogen-bond acceptors (Lipinski definition) is 4. The van der Waals surface area contributed by atoms with Crippen LogP contribution in [0.5, 0.6) is 11.5 Å². The molecule has 5 nitrogen and oxygen atoms in total. The number of likely N-dealkylation sites (tertiary alicyclic amines) is 1. The first-order valence-corrected chi connectivity index (χ1v) is 8.91. The third-order valence-corrected chi connectivity index (χ3v) is 5.16. The van der Waals surface area contributed by atoms with Crippen molar-refractivity contribution in [2.24, 2.45) is 0 Å². The van der Waals surface area contributed by atoms with E-state index >= 15 is 0 Å². The lowest BCUT2D eigenvalue weighted by molar-refractivity contribution is -0.901. The molecule has 134 valence electrons. The summed E-state index contributed by atoms with van der Waals surface area (Å²) in [6.45, 7) is 2.85. The molecule has 0 amide bonds. The van der Waals surface area contributed by atoms with Crippen LogP contribution in [0, 0.1) is 0 Å². The zero-order chi connectivity index (χ0) is 18.1. The summed E-state index contributed by atoms with van der Waals surface area (Å²) < 4.78 is 11.0. The first-order chi connectivity index (χ1) is 12.7. The van der Waals surface area contributed by atoms with E-state index in [0.717, 1.165) is 30.0 Å². The molecule has 0 bridgehead atoms. The zero-order valence-electron chi connectivity index (χ0n) is 14.7. The molecule has 2 N–H and O–H groups in total. The summed E-state index contributed by atoms with van der Waals surface area (Å²) >= 11 is 0. The first-order valence-electron chi connectivity index (χ1n) is 8.91. The molecule has 0 saturated carbocycles. The quantitative estimate of drug-likeness (QED) is 0.757. The van der Waals surface area contributed by atoms with Crippen molar-refractivity contribution >= 4 is 11.0 Å². The fraction of sp³-hybridized carbons (Fsp3) is 0.286. The maximum Gasteiger partial charge on any atom is 0.200 e. The van der Waals surface area contributed by atoms with Crippen molar-refractivity contribution in [1.29, 1.82) is 0 Å². The predicted octanol–water partition coefficient (Wildman–Crippen LogP) is 2.35. The van der Waals surface area contributed by atoms with E-state index in [1.54, 1.807) is 19.2 Å². The number of nitrogens with one attached hydrogen (secondary N) is 1. The highest BCUT2D eigenvalue weighted by Crippen LogP contribution is 2.28. The lowest BCUT2D eigenvalue weighted by Crippen LogP contribution is -3.08. The molecule has 0 radical (unpaired) electrons. The van der Waals surface area contributed by atoms with Crippen LogP contribution in [0.3, 0.4) is 0 Å². The second-order valence-electron chi connectivity index (χ2n) is 6.78. The van der Waals surface area contributed by atoms with Gasteiger partial charge in [-0.25, -0.2) is 0 Å². The highest BCUT2D eigenvalue weighted by molar-refractivity contribution is 5.85. The summed E-state index contributed by atoms with van der Waals surface area (Å²) in [4.78, 5) is 14.4. The van der Waals surface area contributed by atoms with Gasteiger partial charge in [-0.2, -0.15) is 0 Å². The molecular weight excluding hydrogens is 330 g/mol. The number of aromatic hydroxyl groups is 1. The Morgan fingerprint density at radius 3 is 2.54 bits per heavy atom. The molecule has 1 saturated heterocycles. The molecule has 0 atom stereocenters. The lowest BCUT2D eigenvalue weighted by Gasteiger charge is -2.14.